The van der Waals surface area contributed by atoms with E-state index >= 15 is 0 Å². The molecule has 1 aliphatic heterocycles. The molecule has 168 valence electrons. The molecule has 0 unspecified atom stereocenters. The number of methoxy groups -OCH3 is 2. The summed E-state index contributed by atoms with van der Waals surface area (Å²) in [6.07, 6.45) is 1.46. The minimum Gasteiger partial charge on any atom is -0.541 e. The molecule has 0 saturated heterocycles. The Balaban J connectivity index is 2.00. The van der Waals surface area contributed by atoms with Crippen molar-refractivity contribution in [3.63, 3.8) is 0 Å². The summed E-state index contributed by atoms with van der Waals surface area (Å²) < 4.78 is 18.1. The Morgan fingerprint density at radius 3 is 2.35 bits per heavy atom. The summed E-state index contributed by atoms with van der Waals surface area (Å²) in [5.41, 5.74) is 4.23. The van der Waals surface area contributed by atoms with Crippen molar-refractivity contribution in [2.45, 2.75) is 51.7 Å². The highest BCUT2D eigenvalue weighted by molar-refractivity contribution is 9.10. The predicted molar refractivity (Wildman–Crippen MR) is 132 cm³/mol. The number of phenolic OH excluding ortho intramolecular Hbond substituents is 1. The predicted octanol–water partition coefficient (Wildman–Crippen LogP) is 6.14. The van der Waals surface area contributed by atoms with Gasteiger partial charge in [0.05, 0.1) is 18.7 Å². The highest BCUT2D eigenvalue weighted by atomic mass is 79.9. The van der Waals surface area contributed by atoms with E-state index < -0.39 is 8.32 Å². The van der Waals surface area contributed by atoms with Gasteiger partial charge in [-0.3, -0.25) is 4.99 Å². The lowest BCUT2D eigenvalue weighted by Gasteiger charge is -2.37. The number of nitrogens with zero attached hydrogens (tertiary/aromatic N) is 1. The standard InChI is InChI=1S/C24H32BrNO4Si/c1-24(2,3)31(6,7)30-21-14-17-15(13-20(21)29-5)10-11-26-18(17)12-16-8-9-19(28-4)23(27)22(16)25/h8-9,13-14,27H,10-12H2,1-7H3. The number of phenols is 1. The first kappa shape index (κ1) is 23.7. The van der Waals surface area contributed by atoms with Crippen molar-refractivity contribution < 1.29 is 19.0 Å². The van der Waals surface area contributed by atoms with Crippen molar-refractivity contribution in [3.05, 3.63) is 45.4 Å². The molecular formula is C24H32BrNO4Si. The lowest BCUT2D eigenvalue weighted by molar-refractivity contribution is 0.371. The molecule has 0 spiro atoms. The third-order valence-electron chi connectivity index (χ3n) is 6.29. The van der Waals surface area contributed by atoms with Gasteiger partial charge in [-0.05, 0) is 69.8 Å². The average Bonchev–Trinajstić information content (AvgIpc) is 2.70. The van der Waals surface area contributed by atoms with Crippen LogP contribution in [0.15, 0.2) is 33.7 Å². The number of aliphatic imine (C=N–C) groups is 1. The maximum atomic E-state index is 10.4. The van der Waals surface area contributed by atoms with Gasteiger partial charge < -0.3 is 19.0 Å². The largest absolute Gasteiger partial charge is 0.541 e. The minimum absolute atomic E-state index is 0.0797. The maximum absolute atomic E-state index is 10.4. The normalized spacial score (nSPS) is 14.0. The number of hydrogen-bond donors (Lipinski definition) is 1. The van der Waals surface area contributed by atoms with Crippen LogP contribution in [0, 0.1) is 0 Å². The fourth-order valence-corrected chi connectivity index (χ4v) is 4.85. The molecule has 0 aliphatic carbocycles. The van der Waals surface area contributed by atoms with Crippen LogP contribution in [0.2, 0.25) is 18.1 Å². The Labute approximate surface area is 194 Å². The van der Waals surface area contributed by atoms with Gasteiger partial charge in [0.2, 0.25) is 0 Å². The molecule has 2 aromatic carbocycles. The Hall–Kier alpha value is -1.99. The molecule has 0 bridgehead atoms. The van der Waals surface area contributed by atoms with Crippen LogP contribution in [-0.2, 0) is 12.8 Å². The van der Waals surface area contributed by atoms with Gasteiger partial charge >= 0.3 is 0 Å². The van der Waals surface area contributed by atoms with E-state index in [1.54, 1.807) is 20.3 Å². The summed E-state index contributed by atoms with van der Waals surface area (Å²) in [6.45, 7) is 11.9. The van der Waals surface area contributed by atoms with Crippen LogP contribution in [0.25, 0.3) is 0 Å². The van der Waals surface area contributed by atoms with Crippen LogP contribution < -0.4 is 13.9 Å². The van der Waals surface area contributed by atoms with Crippen molar-refractivity contribution in [3.8, 4) is 23.0 Å². The second-order valence-electron chi connectivity index (χ2n) is 9.37. The Kier molecular flexibility index (Phi) is 6.77. The van der Waals surface area contributed by atoms with Crippen molar-refractivity contribution in [1.29, 1.82) is 0 Å². The second-order valence-corrected chi connectivity index (χ2v) is 14.9. The van der Waals surface area contributed by atoms with Crippen molar-refractivity contribution in [1.82, 2.24) is 0 Å². The molecule has 0 amide bonds. The zero-order chi connectivity index (χ0) is 23.0. The van der Waals surface area contributed by atoms with Gasteiger partial charge in [-0.1, -0.05) is 26.8 Å². The third-order valence-corrected chi connectivity index (χ3v) is 11.5. The van der Waals surface area contributed by atoms with E-state index in [0.717, 1.165) is 41.3 Å². The van der Waals surface area contributed by atoms with Crippen LogP contribution in [0.1, 0.15) is 37.5 Å². The topological polar surface area (TPSA) is 60.3 Å². The van der Waals surface area contributed by atoms with Crippen LogP contribution in [0.4, 0.5) is 0 Å². The molecule has 0 saturated carbocycles. The number of rotatable bonds is 6. The van der Waals surface area contributed by atoms with Crippen LogP contribution in [-0.4, -0.2) is 39.9 Å². The van der Waals surface area contributed by atoms with Gasteiger partial charge in [-0.25, -0.2) is 0 Å². The van der Waals surface area contributed by atoms with Gasteiger partial charge in [0, 0.05) is 24.2 Å². The summed E-state index contributed by atoms with van der Waals surface area (Å²) in [5.74, 6) is 2.09. The number of fused-ring (bicyclic) bond motifs is 1. The number of ether oxygens (including phenoxy) is 2. The highest BCUT2D eigenvalue weighted by Gasteiger charge is 2.39. The molecule has 0 fully saturated rings. The Morgan fingerprint density at radius 2 is 1.74 bits per heavy atom. The molecule has 1 heterocycles. The van der Waals surface area contributed by atoms with E-state index in [9.17, 15) is 5.11 Å². The average molecular weight is 507 g/mol. The lowest BCUT2D eigenvalue weighted by atomic mass is 9.93. The van der Waals surface area contributed by atoms with Gasteiger partial charge in [0.25, 0.3) is 8.32 Å². The first-order chi connectivity index (χ1) is 14.5. The van der Waals surface area contributed by atoms with E-state index in [2.05, 4.69) is 61.9 Å². The fraction of sp³-hybridized carbons (Fsp3) is 0.458. The fourth-order valence-electron chi connectivity index (χ4n) is 3.36. The van der Waals surface area contributed by atoms with E-state index in [1.807, 2.05) is 6.07 Å². The smallest absolute Gasteiger partial charge is 0.250 e. The first-order valence-electron chi connectivity index (χ1n) is 10.5. The highest BCUT2D eigenvalue weighted by Crippen LogP contribution is 2.42. The van der Waals surface area contributed by atoms with Gasteiger partial charge in [-0.15, -0.1) is 0 Å². The Morgan fingerprint density at radius 1 is 1.06 bits per heavy atom. The second kappa shape index (κ2) is 8.86. The molecule has 7 heteroatoms. The summed E-state index contributed by atoms with van der Waals surface area (Å²) in [5, 5.41) is 10.5. The summed E-state index contributed by atoms with van der Waals surface area (Å²) in [4.78, 5) is 4.82. The quantitative estimate of drug-likeness (QED) is 0.478. The van der Waals surface area contributed by atoms with Gasteiger partial charge in [0.1, 0.15) is 5.75 Å². The molecule has 1 aliphatic rings. The molecular weight excluding hydrogens is 474 g/mol. The number of hydrogen-bond acceptors (Lipinski definition) is 5. The molecule has 5 nitrogen and oxygen atoms in total. The van der Waals surface area contributed by atoms with E-state index in [0.29, 0.717) is 16.6 Å². The van der Waals surface area contributed by atoms with Crippen molar-refractivity contribution in [2.75, 3.05) is 20.8 Å². The van der Waals surface area contributed by atoms with E-state index in [1.165, 1.54) is 5.56 Å². The molecule has 0 aromatic heterocycles. The molecule has 0 atom stereocenters. The molecule has 2 aromatic rings. The van der Waals surface area contributed by atoms with Crippen LogP contribution in [0.5, 0.6) is 23.0 Å². The summed E-state index contributed by atoms with van der Waals surface area (Å²) >= 11 is 3.51. The van der Waals surface area contributed by atoms with Crippen molar-refractivity contribution >= 4 is 30.0 Å². The molecule has 3 rings (SSSR count). The van der Waals surface area contributed by atoms with E-state index in [4.69, 9.17) is 18.9 Å². The van der Waals surface area contributed by atoms with Crippen LogP contribution in [0.3, 0.4) is 0 Å². The molecule has 0 radical (unpaired) electrons. The van der Waals surface area contributed by atoms with Crippen LogP contribution >= 0.6 is 15.9 Å². The van der Waals surface area contributed by atoms with Gasteiger partial charge in [0.15, 0.2) is 17.2 Å². The first-order valence-corrected chi connectivity index (χ1v) is 14.2. The number of aromatic hydroxyl groups is 1. The van der Waals surface area contributed by atoms with E-state index in [-0.39, 0.29) is 10.8 Å². The van der Waals surface area contributed by atoms with Gasteiger partial charge in [-0.2, -0.15) is 0 Å². The SMILES string of the molecule is COc1cc2c(cc1O[Si](C)(C)C(C)(C)C)C(Cc1ccc(OC)c(O)c1Br)=NCC2. The third kappa shape index (κ3) is 4.77. The minimum atomic E-state index is -2.04. The molecule has 1 N–H and O–H groups in total. The Bertz CT molecular complexity index is 1010. The monoisotopic (exact) mass is 505 g/mol. The zero-order valence-corrected chi connectivity index (χ0v) is 22.0. The zero-order valence-electron chi connectivity index (χ0n) is 19.4. The van der Waals surface area contributed by atoms with Crippen molar-refractivity contribution in [2.24, 2.45) is 4.99 Å². The molecule has 31 heavy (non-hydrogen) atoms. The maximum Gasteiger partial charge on any atom is 0.250 e. The summed E-state index contributed by atoms with van der Waals surface area (Å²) in [6, 6.07) is 7.91. The summed E-state index contributed by atoms with van der Waals surface area (Å²) in [7, 11) is 1.20. The lowest BCUT2D eigenvalue weighted by Crippen LogP contribution is -2.44. The number of halogens is 1. The number of benzene rings is 2.